The third kappa shape index (κ3) is 3.11. The first-order valence-corrected chi connectivity index (χ1v) is 8.64. The van der Waals surface area contributed by atoms with Gasteiger partial charge in [-0.25, -0.2) is 4.68 Å². The summed E-state index contributed by atoms with van der Waals surface area (Å²) in [6.45, 7) is 2.66. The molecule has 0 unspecified atom stereocenters. The summed E-state index contributed by atoms with van der Waals surface area (Å²) in [7, 11) is 0. The Morgan fingerprint density at radius 2 is 2.26 bits per heavy atom. The molecule has 0 spiro atoms. The zero-order chi connectivity index (χ0) is 16.4. The highest BCUT2D eigenvalue weighted by Crippen LogP contribution is 2.20. The minimum atomic E-state index is -0.166. The molecule has 3 rings (SSSR count). The second-order valence-electron chi connectivity index (χ2n) is 4.87. The Kier molecular flexibility index (Phi) is 4.40. The van der Waals surface area contributed by atoms with E-state index in [1.165, 1.54) is 32.7 Å². The van der Waals surface area contributed by atoms with Crippen molar-refractivity contribution in [3.05, 3.63) is 21.3 Å². The number of hydrogen-bond acceptors (Lipinski definition) is 8. The molecule has 0 aliphatic carbocycles. The number of thiophene rings is 1. The monoisotopic (exact) mass is 348 g/mol. The van der Waals surface area contributed by atoms with E-state index in [0.717, 1.165) is 4.88 Å². The SMILES string of the molecule is Cc1cc2nnn(CCCN3C(=O)CS/C3=N\C#N)c(=O)c2s1. The summed E-state index contributed by atoms with van der Waals surface area (Å²) < 4.78 is 1.91. The summed E-state index contributed by atoms with van der Waals surface area (Å²) in [5, 5.41) is 17.0. The average molecular weight is 348 g/mol. The molecular formula is C13H12N6O2S2. The maximum Gasteiger partial charge on any atom is 0.287 e. The van der Waals surface area contributed by atoms with Crippen LogP contribution in [0.15, 0.2) is 15.9 Å². The van der Waals surface area contributed by atoms with E-state index in [2.05, 4.69) is 15.3 Å². The number of nitriles is 1. The van der Waals surface area contributed by atoms with Crippen molar-refractivity contribution in [2.24, 2.45) is 4.99 Å². The molecule has 2 aromatic heterocycles. The molecular weight excluding hydrogens is 336 g/mol. The van der Waals surface area contributed by atoms with Crippen molar-refractivity contribution >= 4 is 44.4 Å². The third-order valence-corrected chi connectivity index (χ3v) is 5.27. The fourth-order valence-corrected chi connectivity index (χ4v) is 4.01. The van der Waals surface area contributed by atoms with Crippen molar-refractivity contribution in [1.82, 2.24) is 19.9 Å². The Morgan fingerprint density at radius 3 is 3.04 bits per heavy atom. The number of fused-ring (bicyclic) bond motifs is 1. The lowest BCUT2D eigenvalue weighted by Gasteiger charge is -2.14. The highest BCUT2D eigenvalue weighted by atomic mass is 32.2. The first kappa shape index (κ1) is 15.6. The molecule has 0 bridgehead atoms. The molecule has 0 atom stereocenters. The van der Waals surface area contributed by atoms with E-state index in [1.54, 1.807) is 6.19 Å². The number of hydrogen-bond donors (Lipinski definition) is 0. The van der Waals surface area contributed by atoms with Crippen LogP contribution in [0.25, 0.3) is 10.2 Å². The number of rotatable bonds is 4. The molecule has 0 saturated carbocycles. The largest absolute Gasteiger partial charge is 0.290 e. The number of thioether (sulfide) groups is 1. The van der Waals surface area contributed by atoms with E-state index in [-0.39, 0.29) is 11.5 Å². The van der Waals surface area contributed by atoms with Crippen LogP contribution in [-0.4, -0.2) is 43.3 Å². The van der Waals surface area contributed by atoms with Crippen LogP contribution in [0.4, 0.5) is 0 Å². The average Bonchev–Trinajstić information content (AvgIpc) is 3.06. The predicted molar refractivity (Wildman–Crippen MR) is 88.2 cm³/mol. The number of carbonyl (C=O) groups is 1. The van der Waals surface area contributed by atoms with E-state index < -0.39 is 0 Å². The Morgan fingerprint density at radius 1 is 1.43 bits per heavy atom. The molecule has 0 radical (unpaired) electrons. The molecule has 8 nitrogen and oxygen atoms in total. The molecule has 10 heteroatoms. The van der Waals surface area contributed by atoms with Gasteiger partial charge in [-0.15, -0.1) is 21.4 Å². The van der Waals surface area contributed by atoms with Crippen molar-refractivity contribution in [2.75, 3.05) is 12.3 Å². The number of amidine groups is 1. The van der Waals surface area contributed by atoms with Gasteiger partial charge in [-0.05, 0) is 19.4 Å². The number of nitrogens with zero attached hydrogens (tertiary/aromatic N) is 6. The van der Waals surface area contributed by atoms with Crippen LogP contribution in [0, 0.1) is 18.4 Å². The third-order valence-electron chi connectivity index (χ3n) is 3.28. The van der Waals surface area contributed by atoms with Crippen LogP contribution >= 0.6 is 23.1 Å². The van der Waals surface area contributed by atoms with Gasteiger partial charge in [-0.3, -0.25) is 14.5 Å². The maximum atomic E-state index is 12.3. The van der Waals surface area contributed by atoms with Crippen LogP contribution in [0.1, 0.15) is 11.3 Å². The Bertz CT molecular complexity index is 894. The van der Waals surface area contributed by atoms with E-state index in [4.69, 9.17) is 5.26 Å². The van der Waals surface area contributed by atoms with E-state index in [1.807, 2.05) is 13.0 Å². The van der Waals surface area contributed by atoms with Gasteiger partial charge in [0.2, 0.25) is 12.1 Å². The number of aromatic nitrogens is 3. The van der Waals surface area contributed by atoms with Gasteiger partial charge in [0.1, 0.15) is 10.2 Å². The number of aryl methyl sites for hydroxylation is 2. The summed E-state index contributed by atoms with van der Waals surface area (Å²) in [4.78, 5) is 30.2. The lowest BCUT2D eigenvalue weighted by Crippen LogP contribution is -2.32. The quantitative estimate of drug-likeness (QED) is 0.762. The van der Waals surface area contributed by atoms with Crippen molar-refractivity contribution in [3.8, 4) is 6.19 Å². The summed E-state index contributed by atoms with van der Waals surface area (Å²) in [5.74, 6) is 0.215. The summed E-state index contributed by atoms with van der Waals surface area (Å²) in [5.41, 5.74) is 0.449. The van der Waals surface area contributed by atoms with Crippen molar-refractivity contribution in [1.29, 1.82) is 5.26 Å². The van der Waals surface area contributed by atoms with Gasteiger partial charge in [-0.1, -0.05) is 17.0 Å². The fraction of sp³-hybridized carbons (Fsp3) is 0.385. The van der Waals surface area contributed by atoms with E-state index in [0.29, 0.717) is 40.6 Å². The molecule has 0 aromatic carbocycles. The van der Waals surface area contributed by atoms with Gasteiger partial charge in [-0.2, -0.15) is 5.26 Å². The topological polar surface area (TPSA) is 104 Å². The zero-order valence-electron chi connectivity index (χ0n) is 12.2. The predicted octanol–water partition coefficient (Wildman–Crippen LogP) is 0.964. The van der Waals surface area contributed by atoms with Crippen LogP contribution in [0.5, 0.6) is 0 Å². The zero-order valence-corrected chi connectivity index (χ0v) is 13.9. The summed E-state index contributed by atoms with van der Waals surface area (Å²) in [6, 6.07) is 1.84. The Hall–Kier alpha value is -2.25. The number of carbonyl (C=O) groups excluding carboxylic acids is 1. The van der Waals surface area contributed by atoms with Crippen molar-refractivity contribution < 1.29 is 4.79 Å². The molecule has 3 heterocycles. The van der Waals surface area contributed by atoms with Crippen LogP contribution in [0.2, 0.25) is 0 Å². The van der Waals surface area contributed by atoms with Gasteiger partial charge in [0.15, 0.2) is 5.17 Å². The first-order valence-electron chi connectivity index (χ1n) is 6.84. The minimum Gasteiger partial charge on any atom is -0.290 e. The molecule has 0 N–H and O–H groups in total. The first-order chi connectivity index (χ1) is 11.1. The standard InChI is InChI=1S/C13H12N6O2S2/c1-8-5-9-11(23-8)12(21)19(17-16-9)4-2-3-18-10(20)6-22-13(18)15-7-14/h5H,2-4,6H2,1H3/b15-13-. The van der Waals surface area contributed by atoms with Gasteiger partial charge in [0.05, 0.1) is 5.75 Å². The van der Waals surface area contributed by atoms with Gasteiger partial charge in [0, 0.05) is 18.0 Å². The van der Waals surface area contributed by atoms with Crippen molar-refractivity contribution in [3.63, 3.8) is 0 Å². The second kappa shape index (κ2) is 6.47. The lowest BCUT2D eigenvalue weighted by molar-refractivity contribution is -0.124. The summed E-state index contributed by atoms with van der Waals surface area (Å²) in [6.07, 6.45) is 2.23. The molecule has 2 aromatic rings. The lowest BCUT2D eigenvalue weighted by atomic mass is 10.4. The van der Waals surface area contributed by atoms with Crippen LogP contribution in [0.3, 0.4) is 0 Å². The van der Waals surface area contributed by atoms with Crippen LogP contribution < -0.4 is 5.56 Å². The smallest absolute Gasteiger partial charge is 0.287 e. The minimum absolute atomic E-state index is 0.0771. The summed E-state index contributed by atoms with van der Waals surface area (Å²) >= 11 is 2.65. The van der Waals surface area contributed by atoms with Crippen molar-refractivity contribution in [2.45, 2.75) is 19.9 Å². The Balaban J connectivity index is 1.70. The van der Waals surface area contributed by atoms with E-state index >= 15 is 0 Å². The highest BCUT2D eigenvalue weighted by Gasteiger charge is 2.27. The Labute approximate surface area is 139 Å². The molecule has 1 saturated heterocycles. The normalized spacial score (nSPS) is 16.4. The number of amides is 1. The van der Waals surface area contributed by atoms with E-state index in [9.17, 15) is 9.59 Å². The molecule has 118 valence electrons. The second-order valence-corrected chi connectivity index (χ2v) is 7.07. The van der Waals surface area contributed by atoms with Crippen LogP contribution in [-0.2, 0) is 11.3 Å². The van der Waals surface area contributed by atoms with Gasteiger partial charge >= 0.3 is 0 Å². The highest BCUT2D eigenvalue weighted by molar-refractivity contribution is 8.15. The molecule has 1 aliphatic heterocycles. The number of aliphatic imine (C=N–C) groups is 1. The fourth-order valence-electron chi connectivity index (χ4n) is 2.26. The molecule has 23 heavy (non-hydrogen) atoms. The van der Waals surface area contributed by atoms with Gasteiger partial charge in [0.25, 0.3) is 5.56 Å². The van der Waals surface area contributed by atoms with Gasteiger partial charge < -0.3 is 0 Å². The molecule has 1 fully saturated rings. The maximum absolute atomic E-state index is 12.3. The molecule has 1 aliphatic rings. The molecule has 1 amide bonds.